The summed E-state index contributed by atoms with van der Waals surface area (Å²) in [6.07, 6.45) is 1.22. The second-order valence-corrected chi connectivity index (χ2v) is 5.55. The van der Waals surface area contributed by atoms with E-state index in [0.717, 1.165) is 5.75 Å². The highest BCUT2D eigenvalue weighted by atomic mass is 32.2. The summed E-state index contributed by atoms with van der Waals surface area (Å²) in [5.41, 5.74) is 1.28. The molecule has 2 atom stereocenters. The minimum Gasteiger partial charge on any atom is -0.381 e. The zero-order valence-electron chi connectivity index (χ0n) is 10.8. The van der Waals surface area contributed by atoms with E-state index < -0.39 is 0 Å². The quantitative estimate of drug-likeness (QED) is 0.723. The molecular formula is C14H23NS. The standard InChI is InChI=1S/C14H23NS/c1-5-11(3)12(4)15-13-9-7-8-10-14(13)16-6-2/h7-12,15H,5-6H2,1-4H3. The van der Waals surface area contributed by atoms with Crippen LogP contribution < -0.4 is 5.32 Å². The van der Waals surface area contributed by atoms with Gasteiger partial charge in [0.25, 0.3) is 0 Å². The SMILES string of the molecule is CCSc1ccccc1NC(C)C(C)CC. The summed E-state index contributed by atoms with van der Waals surface area (Å²) in [5, 5.41) is 3.63. The van der Waals surface area contributed by atoms with Crippen molar-refractivity contribution in [2.75, 3.05) is 11.1 Å². The highest BCUT2D eigenvalue weighted by Gasteiger charge is 2.11. The van der Waals surface area contributed by atoms with Gasteiger partial charge in [0.05, 0.1) is 0 Å². The lowest BCUT2D eigenvalue weighted by Crippen LogP contribution is -2.23. The lowest BCUT2D eigenvalue weighted by molar-refractivity contribution is 0.494. The Labute approximate surface area is 104 Å². The molecule has 16 heavy (non-hydrogen) atoms. The first-order valence-corrected chi connectivity index (χ1v) is 7.15. The van der Waals surface area contributed by atoms with Crippen molar-refractivity contribution in [3.8, 4) is 0 Å². The normalized spacial score (nSPS) is 14.5. The maximum atomic E-state index is 3.63. The maximum Gasteiger partial charge on any atom is 0.0480 e. The van der Waals surface area contributed by atoms with Gasteiger partial charge in [0.15, 0.2) is 0 Å². The van der Waals surface area contributed by atoms with Crippen molar-refractivity contribution in [3.63, 3.8) is 0 Å². The average Bonchev–Trinajstić information content (AvgIpc) is 2.31. The van der Waals surface area contributed by atoms with E-state index in [2.05, 4.69) is 57.3 Å². The molecular weight excluding hydrogens is 214 g/mol. The number of rotatable bonds is 6. The molecule has 0 fully saturated rings. The fourth-order valence-corrected chi connectivity index (χ4v) is 2.38. The van der Waals surface area contributed by atoms with E-state index in [1.807, 2.05) is 11.8 Å². The van der Waals surface area contributed by atoms with Crippen molar-refractivity contribution in [2.45, 2.75) is 45.1 Å². The van der Waals surface area contributed by atoms with Crippen LogP contribution >= 0.6 is 11.8 Å². The molecule has 0 bridgehead atoms. The zero-order chi connectivity index (χ0) is 12.0. The minimum absolute atomic E-state index is 0.531. The van der Waals surface area contributed by atoms with E-state index in [-0.39, 0.29) is 0 Å². The molecule has 2 heteroatoms. The third kappa shape index (κ3) is 3.75. The van der Waals surface area contributed by atoms with Crippen molar-refractivity contribution in [2.24, 2.45) is 5.92 Å². The van der Waals surface area contributed by atoms with E-state index in [9.17, 15) is 0 Å². The van der Waals surface area contributed by atoms with E-state index in [1.54, 1.807) is 0 Å². The Hall–Kier alpha value is -0.630. The van der Waals surface area contributed by atoms with Crippen LogP contribution in [0.25, 0.3) is 0 Å². The molecule has 1 aromatic rings. The average molecular weight is 237 g/mol. The molecule has 0 heterocycles. The van der Waals surface area contributed by atoms with Crippen LogP contribution in [0.2, 0.25) is 0 Å². The van der Waals surface area contributed by atoms with Gasteiger partial charge in [-0.3, -0.25) is 0 Å². The Bertz CT molecular complexity index is 311. The van der Waals surface area contributed by atoms with Gasteiger partial charge < -0.3 is 5.32 Å². The predicted molar refractivity (Wildman–Crippen MR) is 75.4 cm³/mol. The molecule has 0 saturated carbocycles. The molecule has 0 spiro atoms. The van der Waals surface area contributed by atoms with E-state index >= 15 is 0 Å². The summed E-state index contributed by atoms with van der Waals surface area (Å²) >= 11 is 1.90. The van der Waals surface area contributed by atoms with Crippen LogP contribution in [0.5, 0.6) is 0 Å². The lowest BCUT2D eigenvalue weighted by atomic mass is 10.0. The zero-order valence-corrected chi connectivity index (χ0v) is 11.6. The molecule has 1 rings (SSSR count). The van der Waals surface area contributed by atoms with Crippen molar-refractivity contribution < 1.29 is 0 Å². The molecule has 1 aromatic carbocycles. The highest BCUT2D eigenvalue weighted by Crippen LogP contribution is 2.28. The molecule has 0 radical (unpaired) electrons. The second-order valence-electron chi connectivity index (χ2n) is 4.25. The molecule has 0 aliphatic carbocycles. The molecule has 1 N–H and O–H groups in total. The topological polar surface area (TPSA) is 12.0 Å². The van der Waals surface area contributed by atoms with E-state index in [1.165, 1.54) is 17.0 Å². The highest BCUT2D eigenvalue weighted by molar-refractivity contribution is 7.99. The van der Waals surface area contributed by atoms with Crippen LogP contribution in [-0.4, -0.2) is 11.8 Å². The first-order valence-electron chi connectivity index (χ1n) is 6.17. The lowest BCUT2D eigenvalue weighted by Gasteiger charge is -2.22. The van der Waals surface area contributed by atoms with Crippen LogP contribution in [0, 0.1) is 5.92 Å². The van der Waals surface area contributed by atoms with Gasteiger partial charge in [-0.05, 0) is 30.7 Å². The van der Waals surface area contributed by atoms with Gasteiger partial charge in [0.1, 0.15) is 0 Å². The fourth-order valence-electron chi connectivity index (χ4n) is 1.61. The van der Waals surface area contributed by atoms with Gasteiger partial charge in [-0.25, -0.2) is 0 Å². The first kappa shape index (κ1) is 13.4. The molecule has 0 aliphatic heterocycles. The summed E-state index contributed by atoms with van der Waals surface area (Å²) < 4.78 is 0. The van der Waals surface area contributed by atoms with Crippen LogP contribution in [-0.2, 0) is 0 Å². The second kappa shape index (κ2) is 6.85. The van der Waals surface area contributed by atoms with Crippen LogP contribution in [0.1, 0.15) is 34.1 Å². The number of hydrogen-bond acceptors (Lipinski definition) is 2. The number of hydrogen-bond donors (Lipinski definition) is 1. The van der Waals surface area contributed by atoms with Gasteiger partial charge in [-0.2, -0.15) is 0 Å². The number of nitrogens with one attached hydrogen (secondary N) is 1. The molecule has 0 aliphatic rings. The summed E-state index contributed by atoms with van der Waals surface area (Å²) in [5.74, 6) is 1.83. The summed E-state index contributed by atoms with van der Waals surface area (Å²) in [4.78, 5) is 1.36. The van der Waals surface area contributed by atoms with Crippen LogP contribution in [0.15, 0.2) is 29.2 Å². The number of para-hydroxylation sites is 1. The van der Waals surface area contributed by atoms with Gasteiger partial charge in [0.2, 0.25) is 0 Å². The van der Waals surface area contributed by atoms with Gasteiger partial charge in [-0.1, -0.05) is 39.3 Å². The Kier molecular flexibility index (Phi) is 5.75. The van der Waals surface area contributed by atoms with E-state index in [4.69, 9.17) is 0 Å². The molecule has 1 nitrogen and oxygen atoms in total. The largest absolute Gasteiger partial charge is 0.381 e. The Morgan fingerprint density at radius 3 is 2.50 bits per heavy atom. The predicted octanol–water partition coefficient (Wildman–Crippen LogP) is 4.65. The van der Waals surface area contributed by atoms with Crippen molar-refractivity contribution >= 4 is 17.4 Å². The molecule has 2 unspecified atom stereocenters. The number of thioether (sulfide) groups is 1. The van der Waals surface area contributed by atoms with Crippen molar-refractivity contribution in [1.29, 1.82) is 0 Å². The van der Waals surface area contributed by atoms with Crippen molar-refractivity contribution in [1.82, 2.24) is 0 Å². The smallest absolute Gasteiger partial charge is 0.0480 e. The monoisotopic (exact) mass is 237 g/mol. The van der Waals surface area contributed by atoms with Crippen LogP contribution in [0.3, 0.4) is 0 Å². The third-order valence-corrected chi connectivity index (χ3v) is 4.02. The Morgan fingerprint density at radius 2 is 1.88 bits per heavy atom. The Balaban J connectivity index is 2.71. The van der Waals surface area contributed by atoms with Crippen LogP contribution in [0.4, 0.5) is 5.69 Å². The molecule has 0 saturated heterocycles. The minimum atomic E-state index is 0.531. The fraction of sp³-hybridized carbons (Fsp3) is 0.571. The molecule has 90 valence electrons. The Morgan fingerprint density at radius 1 is 1.19 bits per heavy atom. The molecule has 0 aromatic heterocycles. The molecule has 0 amide bonds. The van der Waals surface area contributed by atoms with E-state index in [0.29, 0.717) is 12.0 Å². The van der Waals surface area contributed by atoms with Crippen molar-refractivity contribution in [3.05, 3.63) is 24.3 Å². The summed E-state index contributed by atoms with van der Waals surface area (Å²) in [6, 6.07) is 9.11. The first-order chi connectivity index (χ1) is 7.69. The van der Waals surface area contributed by atoms with Gasteiger partial charge in [-0.15, -0.1) is 11.8 Å². The third-order valence-electron chi connectivity index (χ3n) is 3.07. The maximum absolute atomic E-state index is 3.63. The number of anilines is 1. The van der Waals surface area contributed by atoms with Gasteiger partial charge >= 0.3 is 0 Å². The van der Waals surface area contributed by atoms with Gasteiger partial charge in [0, 0.05) is 16.6 Å². The summed E-state index contributed by atoms with van der Waals surface area (Å²) in [7, 11) is 0. The number of benzene rings is 1. The summed E-state index contributed by atoms with van der Waals surface area (Å²) in [6.45, 7) is 9.00.